The highest BCUT2D eigenvalue weighted by atomic mass is 19.4. The summed E-state index contributed by atoms with van der Waals surface area (Å²) in [5, 5.41) is 0. The molecule has 0 N–H and O–H groups in total. The molecule has 29 heteroatoms. The number of carbonyl (C=O) groups excluding carboxylic acids is 1. The summed E-state index contributed by atoms with van der Waals surface area (Å²) < 4.78 is 363. The van der Waals surface area contributed by atoms with Crippen molar-refractivity contribution in [2.45, 2.75) is 84.4 Å². The molecule has 46 heavy (non-hydrogen) atoms. The minimum absolute atomic E-state index is 0.203. The van der Waals surface area contributed by atoms with E-state index in [-0.39, 0.29) is 6.92 Å². The maximum Gasteiger partial charge on any atom is 0.460 e. The topological polar surface area (TPSA) is 26.3 Å². The lowest BCUT2D eigenvalue weighted by atomic mass is 9.83. The minimum Gasteiger partial charge on any atom is -0.413 e. The highest BCUT2D eigenvalue weighted by Gasteiger charge is 3.01. The van der Waals surface area contributed by atoms with Crippen molar-refractivity contribution in [1.82, 2.24) is 0 Å². The molecule has 0 saturated heterocycles. The smallest absolute Gasteiger partial charge is 0.413 e. The molecule has 0 spiro atoms. The maximum atomic E-state index is 14.8. The van der Waals surface area contributed by atoms with Gasteiger partial charge in [-0.25, -0.2) is 4.79 Å². The van der Waals surface area contributed by atoms with Crippen molar-refractivity contribution in [1.29, 1.82) is 0 Å². The molecule has 0 aliphatic heterocycles. The average Bonchev–Trinajstić information content (AvgIpc) is 2.80. The van der Waals surface area contributed by atoms with E-state index in [9.17, 15) is 123 Å². The highest BCUT2D eigenvalue weighted by Crippen LogP contribution is 2.68. The number of hydrogen-bond acceptors (Lipinski definition) is 2. The summed E-state index contributed by atoms with van der Waals surface area (Å²) in [6.45, 7) is 1.86. The number of ether oxygens (including phenoxy) is 1. The Morgan fingerprint density at radius 1 is 0.370 bits per heavy atom. The molecule has 0 aromatic heterocycles. The highest BCUT2D eigenvalue weighted by molar-refractivity contribution is 5.87. The molecule has 0 fully saturated rings. The van der Waals surface area contributed by atoms with E-state index in [1.165, 1.54) is 0 Å². The summed E-state index contributed by atoms with van der Waals surface area (Å²) in [5.74, 6) is -106. The van der Waals surface area contributed by atoms with E-state index in [0.717, 1.165) is 0 Å². The Morgan fingerprint density at radius 2 is 0.543 bits per heavy atom. The summed E-state index contributed by atoms with van der Waals surface area (Å²) in [6, 6.07) is 0. The molecule has 1 unspecified atom stereocenters. The third-order valence-electron chi connectivity index (χ3n) is 5.26. The van der Waals surface area contributed by atoms with Crippen LogP contribution in [0.3, 0.4) is 0 Å². The lowest BCUT2D eigenvalue weighted by Gasteiger charge is -2.47. The Balaban J connectivity index is 8.03. The van der Waals surface area contributed by atoms with Crippen LogP contribution in [0, 0.1) is 0 Å². The summed E-state index contributed by atoms with van der Waals surface area (Å²) >= 11 is 0. The SMILES string of the molecule is C=C(C)C(=O)OC(F)(C(F)(F)C(F)(F)C(F)(F)C(F)(F)F)C(F)(F)C(F)(F)C(F)(F)C(F)(F)C(F)(F)C(F)(F)C(F)(F)C(F)(F)F. The van der Waals surface area contributed by atoms with E-state index in [1.54, 1.807) is 0 Å². The first-order chi connectivity index (χ1) is 19.3. The molecule has 1 atom stereocenters. The fraction of sp³-hybridized carbons (Fsp3) is 0.824. The van der Waals surface area contributed by atoms with Crippen molar-refractivity contribution in [3.05, 3.63) is 12.2 Å². The van der Waals surface area contributed by atoms with Crippen LogP contribution >= 0.6 is 0 Å². The van der Waals surface area contributed by atoms with Crippen molar-refractivity contribution in [3.63, 3.8) is 0 Å². The quantitative estimate of drug-likeness (QED) is 0.113. The molecular weight excluding hydrogens is 749 g/mol. The monoisotopic (exact) mass is 754 g/mol. The van der Waals surface area contributed by atoms with Gasteiger partial charge in [0.15, 0.2) is 0 Å². The molecule has 0 rings (SSSR count). The number of esters is 1. The van der Waals surface area contributed by atoms with Crippen LogP contribution < -0.4 is 0 Å². The van der Waals surface area contributed by atoms with E-state index in [0.29, 0.717) is 0 Å². The van der Waals surface area contributed by atoms with Crippen LogP contribution in [0.4, 0.5) is 119 Å². The van der Waals surface area contributed by atoms with Gasteiger partial charge in [0.1, 0.15) is 0 Å². The number of alkyl halides is 27. The zero-order chi connectivity index (χ0) is 38.4. The Bertz CT molecular complexity index is 1170. The van der Waals surface area contributed by atoms with Crippen molar-refractivity contribution in [3.8, 4) is 0 Å². The first-order valence-electron chi connectivity index (χ1n) is 9.82. The fourth-order valence-corrected chi connectivity index (χ4v) is 2.48. The second kappa shape index (κ2) is 10.7. The van der Waals surface area contributed by atoms with Crippen molar-refractivity contribution < 1.29 is 128 Å². The standard InChI is InChI=1S/C17H5F27O2/c1-3(2)4(45)46-15(38,12(32,33)10(28,29)14(36,37)17(42,43)44)11(30,31)8(24,25)6(20,21)5(18,19)7(22,23)9(26,27)13(34,35)16(39,40)41/h1H2,2H3. The maximum absolute atomic E-state index is 14.8. The van der Waals surface area contributed by atoms with Gasteiger partial charge in [-0.3, -0.25) is 0 Å². The van der Waals surface area contributed by atoms with Gasteiger partial charge >= 0.3 is 83.4 Å². The molecule has 0 saturated carbocycles. The molecule has 0 amide bonds. The predicted octanol–water partition coefficient (Wildman–Crippen LogP) is 9.25. The molecule has 0 aliphatic carbocycles. The third-order valence-corrected chi connectivity index (χ3v) is 5.26. The van der Waals surface area contributed by atoms with Gasteiger partial charge in [0.2, 0.25) is 0 Å². The number of hydrogen-bond donors (Lipinski definition) is 0. The number of rotatable bonds is 12. The van der Waals surface area contributed by atoms with Gasteiger partial charge in [-0.1, -0.05) is 6.58 Å². The number of carbonyl (C=O) groups is 1. The molecular formula is C17H5F27O2. The van der Waals surface area contributed by atoms with Crippen molar-refractivity contribution in [2.75, 3.05) is 0 Å². The van der Waals surface area contributed by atoms with Crippen LogP contribution in [-0.2, 0) is 9.53 Å². The van der Waals surface area contributed by atoms with Gasteiger partial charge in [0, 0.05) is 5.57 Å². The Morgan fingerprint density at radius 3 is 0.739 bits per heavy atom. The largest absolute Gasteiger partial charge is 0.460 e. The van der Waals surface area contributed by atoms with E-state index in [1.807, 2.05) is 4.74 Å². The van der Waals surface area contributed by atoms with Gasteiger partial charge in [-0.2, -0.15) is 119 Å². The van der Waals surface area contributed by atoms with Gasteiger partial charge in [-0.15, -0.1) is 0 Å². The average molecular weight is 754 g/mol. The van der Waals surface area contributed by atoms with E-state index < -0.39 is 89.0 Å². The van der Waals surface area contributed by atoms with Crippen LogP contribution in [-0.4, -0.2) is 83.4 Å². The first kappa shape index (κ1) is 43.3. The molecule has 0 aromatic carbocycles. The van der Waals surface area contributed by atoms with Crippen LogP contribution in [0.5, 0.6) is 0 Å². The number of halogens is 27. The van der Waals surface area contributed by atoms with Crippen LogP contribution in [0.2, 0.25) is 0 Å². The van der Waals surface area contributed by atoms with Crippen LogP contribution in [0.25, 0.3) is 0 Å². The van der Waals surface area contributed by atoms with Crippen LogP contribution in [0.1, 0.15) is 6.92 Å². The first-order valence-corrected chi connectivity index (χ1v) is 9.82. The second-order valence-electron chi connectivity index (χ2n) is 8.50. The zero-order valence-electron chi connectivity index (χ0n) is 20.2. The zero-order valence-corrected chi connectivity index (χ0v) is 20.2. The third kappa shape index (κ3) is 5.14. The lowest BCUT2D eigenvalue weighted by molar-refractivity contribution is -0.495. The molecule has 274 valence electrons. The van der Waals surface area contributed by atoms with E-state index in [4.69, 9.17) is 0 Å². The molecule has 0 radical (unpaired) electrons. The fourth-order valence-electron chi connectivity index (χ4n) is 2.48. The summed E-state index contributed by atoms with van der Waals surface area (Å²) in [4.78, 5) is 11.2. The Kier molecular flexibility index (Phi) is 10.0. The van der Waals surface area contributed by atoms with Crippen molar-refractivity contribution >= 4 is 5.97 Å². The Hall–Kier alpha value is -2.68. The van der Waals surface area contributed by atoms with Gasteiger partial charge in [0.25, 0.3) is 0 Å². The summed E-state index contributed by atoms with van der Waals surface area (Å²) in [7, 11) is 0. The van der Waals surface area contributed by atoms with E-state index >= 15 is 0 Å². The van der Waals surface area contributed by atoms with Gasteiger partial charge < -0.3 is 4.74 Å². The van der Waals surface area contributed by atoms with Gasteiger partial charge in [-0.05, 0) is 6.92 Å². The molecule has 0 heterocycles. The van der Waals surface area contributed by atoms with E-state index in [2.05, 4.69) is 6.58 Å². The molecule has 0 aromatic rings. The molecule has 0 aliphatic rings. The molecule has 2 nitrogen and oxygen atoms in total. The van der Waals surface area contributed by atoms with Crippen LogP contribution in [0.15, 0.2) is 12.2 Å². The minimum atomic E-state index is -9.79. The lowest BCUT2D eigenvalue weighted by Crippen LogP contribution is -2.80. The molecule has 0 bridgehead atoms. The van der Waals surface area contributed by atoms with Crippen molar-refractivity contribution in [2.24, 2.45) is 0 Å². The second-order valence-corrected chi connectivity index (χ2v) is 8.50. The normalized spacial score (nSPS) is 17.5. The van der Waals surface area contributed by atoms with Gasteiger partial charge in [0.05, 0.1) is 0 Å². The Labute approximate surface area is 232 Å². The summed E-state index contributed by atoms with van der Waals surface area (Å²) in [6.07, 6.45) is -16.5. The summed E-state index contributed by atoms with van der Waals surface area (Å²) in [5.41, 5.74) is -2.11. The predicted molar refractivity (Wildman–Crippen MR) is 86.3 cm³/mol.